The first-order chi connectivity index (χ1) is 8.75. The van der Waals surface area contributed by atoms with Crippen molar-refractivity contribution in [3.8, 4) is 0 Å². The Hall–Kier alpha value is -1.18. The number of nitrogens with zero attached hydrogens (tertiary/aromatic N) is 1. The standard InChI is InChI=1S/C16H24N2/c1-12(2)16-6-4-10-18(16)14-7-8-15-13(11-14)5-3-9-17-15/h7-8,11-12,16-17H,3-6,9-10H2,1-2H3. The minimum Gasteiger partial charge on any atom is -0.385 e. The lowest BCUT2D eigenvalue weighted by atomic mass is 9.99. The van der Waals surface area contributed by atoms with E-state index in [4.69, 9.17) is 0 Å². The number of hydrogen-bond donors (Lipinski definition) is 1. The van der Waals surface area contributed by atoms with E-state index in [0.29, 0.717) is 0 Å². The van der Waals surface area contributed by atoms with Gasteiger partial charge in [0.25, 0.3) is 0 Å². The molecule has 1 fully saturated rings. The van der Waals surface area contributed by atoms with Gasteiger partial charge in [-0.1, -0.05) is 13.8 Å². The van der Waals surface area contributed by atoms with Gasteiger partial charge in [-0.25, -0.2) is 0 Å². The van der Waals surface area contributed by atoms with Crippen molar-refractivity contribution >= 4 is 11.4 Å². The summed E-state index contributed by atoms with van der Waals surface area (Å²) in [5.41, 5.74) is 4.30. The maximum Gasteiger partial charge on any atom is 0.0374 e. The van der Waals surface area contributed by atoms with Gasteiger partial charge in [0.05, 0.1) is 0 Å². The van der Waals surface area contributed by atoms with Gasteiger partial charge in [0.2, 0.25) is 0 Å². The van der Waals surface area contributed by atoms with Crippen LogP contribution in [0.2, 0.25) is 0 Å². The summed E-state index contributed by atoms with van der Waals surface area (Å²) in [6.45, 7) is 7.06. The Kier molecular flexibility index (Phi) is 3.19. The highest BCUT2D eigenvalue weighted by molar-refractivity contribution is 5.62. The topological polar surface area (TPSA) is 15.3 Å². The highest BCUT2D eigenvalue weighted by Gasteiger charge is 2.27. The summed E-state index contributed by atoms with van der Waals surface area (Å²) < 4.78 is 0. The molecular weight excluding hydrogens is 220 g/mol. The summed E-state index contributed by atoms with van der Waals surface area (Å²) in [4.78, 5) is 2.62. The van der Waals surface area contributed by atoms with E-state index in [1.165, 1.54) is 49.2 Å². The molecule has 1 N–H and O–H groups in total. The molecule has 2 nitrogen and oxygen atoms in total. The Bertz CT molecular complexity index is 425. The van der Waals surface area contributed by atoms with Gasteiger partial charge in [-0.2, -0.15) is 0 Å². The lowest BCUT2D eigenvalue weighted by Crippen LogP contribution is -2.33. The SMILES string of the molecule is CC(C)C1CCCN1c1ccc2c(c1)CCCN2. The fourth-order valence-electron chi connectivity index (χ4n) is 3.45. The van der Waals surface area contributed by atoms with Crippen molar-refractivity contribution in [2.45, 2.75) is 45.6 Å². The number of aryl methyl sites for hydroxylation is 1. The lowest BCUT2D eigenvalue weighted by Gasteiger charge is -2.31. The number of anilines is 2. The average molecular weight is 244 g/mol. The van der Waals surface area contributed by atoms with Crippen LogP contribution >= 0.6 is 0 Å². The van der Waals surface area contributed by atoms with Crippen molar-refractivity contribution in [3.63, 3.8) is 0 Å². The largest absolute Gasteiger partial charge is 0.385 e. The molecule has 0 aliphatic carbocycles. The molecule has 0 aromatic heterocycles. The third kappa shape index (κ3) is 2.09. The minimum atomic E-state index is 0.736. The number of hydrogen-bond acceptors (Lipinski definition) is 2. The predicted octanol–water partition coefficient (Wildman–Crippen LogP) is 3.67. The van der Waals surface area contributed by atoms with Crippen molar-refractivity contribution in [3.05, 3.63) is 23.8 Å². The molecule has 1 atom stereocenters. The molecule has 3 rings (SSSR count). The highest BCUT2D eigenvalue weighted by Crippen LogP contribution is 2.33. The normalized spacial score (nSPS) is 23.1. The van der Waals surface area contributed by atoms with E-state index in [-0.39, 0.29) is 0 Å². The number of rotatable bonds is 2. The van der Waals surface area contributed by atoms with Crippen molar-refractivity contribution in [1.82, 2.24) is 0 Å². The second-order valence-corrected chi connectivity index (χ2v) is 6.02. The van der Waals surface area contributed by atoms with Crippen molar-refractivity contribution in [2.24, 2.45) is 5.92 Å². The fraction of sp³-hybridized carbons (Fsp3) is 0.625. The molecule has 1 aromatic rings. The quantitative estimate of drug-likeness (QED) is 0.854. The fourth-order valence-corrected chi connectivity index (χ4v) is 3.45. The molecule has 0 saturated carbocycles. The van der Waals surface area contributed by atoms with Crippen LogP contribution in [0, 0.1) is 5.92 Å². The zero-order valence-corrected chi connectivity index (χ0v) is 11.6. The molecular formula is C16H24N2. The van der Waals surface area contributed by atoms with Gasteiger partial charge in [-0.05, 0) is 55.4 Å². The molecule has 0 amide bonds. The van der Waals surface area contributed by atoms with Crippen LogP contribution in [0.4, 0.5) is 11.4 Å². The summed E-state index contributed by atoms with van der Waals surface area (Å²) in [6.07, 6.45) is 5.20. The van der Waals surface area contributed by atoms with E-state index < -0.39 is 0 Å². The van der Waals surface area contributed by atoms with Crippen LogP contribution in [0.15, 0.2) is 18.2 Å². The van der Waals surface area contributed by atoms with Crippen LogP contribution in [0.3, 0.4) is 0 Å². The number of fused-ring (bicyclic) bond motifs is 1. The van der Waals surface area contributed by atoms with E-state index >= 15 is 0 Å². The lowest BCUT2D eigenvalue weighted by molar-refractivity contribution is 0.492. The Morgan fingerprint density at radius 1 is 1.28 bits per heavy atom. The molecule has 2 aliphatic heterocycles. The summed E-state index contributed by atoms with van der Waals surface area (Å²) in [5.74, 6) is 0.752. The Labute approximate surface area is 110 Å². The van der Waals surface area contributed by atoms with Crippen LogP contribution < -0.4 is 10.2 Å². The van der Waals surface area contributed by atoms with E-state index in [2.05, 4.69) is 42.3 Å². The van der Waals surface area contributed by atoms with E-state index in [1.807, 2.05) is 0 Å². The first kappa shape index (κ1) is 11.9. The van der Waals surface area contributed by atoms with Gasteiger partial charge in [0.15, 0.2) is 0 Å². The molecule has 18 heavy (non-hydrogen) atoms. The summed E-state index contributed by atoms with van der Waals surface area (Å²) in [5, 5.41) is 3.50. The molecule has 2 heteroatoms. The van der Waals surface area contributed by atoms with Gasteiger partial charge in [0, 0.05) is 30.5 Å². The van der Waals surface area contributed by atoms with Gasteiger partial charge in [-0.15, -0.1) is 0 Å². The van der Waals surface area contributed by atoms with Gasteiger partial charge >= 0.3 is 0 Å². The first-order valence-electron chi connectivity index (χ1n) is 7.39. The summed E-state index contributed by atoms with van der Waals surface area (Å²) >= 11 is 0. The van der Waals surface area contributed by atoms with Crippen LogP contribution in [-0.2, 0) is 6.42 Å². The number of nitrogens with one attached hydrogen (secondary N) is 1. The number of benzene rings is 1. The zero-order valence-electron chi connectivity index (χ0n) is 11.6. The molecule has 2 aliphatic rings. The van der Waals surface area contributed by atoms with Gasteiger partial charge in [0.1, 0.15) is 0 Å². The molecule has 1 aromatic carbocycles. The van der Waals surface area contributed by atoms with Crippen LogP contribution in [0.5, 0.6) is 0 Å². The summed E-state index contributed by atoms with van der Waals surface area (Å²) in [6, 6.07) is 7.74. The van der Waals surface area contributed by atoms with Crippen LogP contribution in [-0.4, -0.2) is 19.1 Å². The molecule has 0 bridgehead atoms. The maximum absolute atomic E-state index is 3.50. The van der Waals surface area contributed by atoms with Gasteiger partial charge in [-0.3, -0.25) is 0 Å². The second kappa shape index (κ2) is 4.83. The van der Waals surface area contributed by atoms with Crippen molar-refractivity contribution < 1.29 is 0 Å². The average Bonchev–Trinajstić information content (AvgIpc) is 2.87. The first-order valence-corrected chi connectivity index (χ1v) is 7.39. The molecule has 98 valence electrons. The van der Waals surface area contributed by atoms with E-state index in [1.54, 1.807) is 0 Å². The van der Waals surface area contributed by atoms with Crippen molar-refractivity contribution in [1.29, 1.82) is 0 Å². The van der Waals surface area contributed by atoms with Crippen molar-refractivity contribution in [2.75, 3.05) is 23.3 Å². The second-order valence-electron chi connectivity index (χ2n) is 6.02. The summed E-state index contributed by atoms with van der Waals surface area (Å²) in [7, 11) is 0. The third-order valence-electron chi connectivity index (χ3n) is 4.43. The van der Waals surface area contributed by atoms with Crippen LogP contribution in [0.1, 0.15) is 38.7 Å². The Balaban J connectivity index is 1.87. The predicted molar refractivity (Wildman–Crippen MR) is 78.5 cm³/mol. The van der Waals surface area contributed by atoms with Crippen LogP contribution in [0.25, 0.3) is 0 Å². The minimum absolute atomic E-state index is 0.736. The monoisotopic (exact) mass is 244 g/mol. The third-order valence-corrected chi connectivity index (χ3v) is 4.43. The Morgan fingerprint density at radius 3 is 3.00 bits per heavy atom. The van der Waals surface area contributed by atoms with E-state index in [0.717, 1.165) is 18.5 Å². The zero-order chi connectivity index (χ0) is 12.5. The smallest absolute Gasteiger partial charge is 0.0374 e. The molecule has 1 unspecified atom stereocenters. The Morgan fingerprint density at radius 2 is 2.17 bits per heavy atom. The molecule has 0 spiro atoms. The van der Waals surface area contributed by atoms with Gasteiger partial charge < -0.3 is 10.2 Å². The van der Waals surface area contributed by atoms with E-state index in [9.17, 15) is 0 Å². The highest BCUT2D eigenvalue weighted by atomic mass is 15.2. The molecule has 2 heterocycles. The molecule has 0 radical (unpaired) electrons. The molecule has 1 saturated heterocycles. The maximum atomic E-state index is 3.50.